The summed E-state index contributed by atoms with van der Waals surface area (Å²) in [6.45, 7) is 4.39. The van der Waals surface area contributed by atoms with Crippen LogP contribution in [0.1, 0.15) is 18.2 Å². The van der Waals surface area contributed by atoms with E-state index in [4.69, 9.17) is 9.15 Å². The summed E-state index contributed by atoms with van der Waals surface area (Å²) in [5.41, 5.74) is 1.19. The normalized spacial score (nSPS) is 10.6. The molecule has 0 aliphatic heterocycles. The first-order valence-electron chi connectivity index (χ1n) is 6.05. The minimum absolute atomic E-state index is 0.687. The average molecular weight is 311 g/mol. The van der Waals surface area contributed by atoms with E-state index < -0.39 is 0 Å². The summed E-state index contributed by atoms with van der Waals surface area (Å²) in [6.07, 6.45) is 1.70. The molecule has 1 aromatic carbocycles. The molecule has 2 aromatic rings. The smallest absolute Gasteiger partial charge is 0.157 e. The van der Waals surface area contributed by atoms with E-state index in [2.05, 4.69) is 27.3 Å². The van der Waals surface area contributed by atoms with Crippen molar-refractivity contribution in [3.05, 3.63) is 52.4 Å². The van der Waals surface area contributed by atoms with Crippen molar-refractivity contribution in [1.82, 2.24) is 0 Å². The van der Waals surface area contributed by atoms with E-state index in [1.807, 2.05) is 31.2 Å². The first-order valence-corrected chi connectivity index (χ1v) is 6.84. The van der Waals surface area contributed by atoms with E-state index in [-0.39, 0.29) is 0 Å². The summed E-state index contributed by atoms with van der Waals surface area (Å²) in [5.74, 6) is 1.94. The molecule has 0 spiro atoms. The summed E-state index contributed by atoms with van der Waals surface area (Å²) >= 11 is 3.49. The second-order valence-corrected chi connectivity index (χ2v) is 4.88. The Morgan fingerprint density at radius 1 is 1.28 bits per heavy atom. The van der Waals surface area contributed by atoms with Gasteiger partial charge in [-0.2, -0.15) is 0 Å². The van der Waals surface area contributed by atoms with E-state index in [0.717, 1.165) is 29.1 Å². The number of nitrogens with two attached hydrogens (primary N) is 1. The molecule has 2 rings (SSSR count). The van der Waals surface area contributed by atoms with Crippen molar-refractivity contribution < 1.29 is 14.5 Å². The number of halogens is 1. The van der Waals surface area contributed by atoms with Crippen LogP contribution in [0, 0.1) is 0 Å². The molecular formula is C14H17BrNO2+. The van der Waals surface area contributed by atoms with Crippen LogP contribution >= 0.6 is 15.9 Å². The fourth-order valence-corrected chi connectivity index (χ4v) is 2.21. The molecule has 0 bridgehead atoms. The maximum atomic E-state index is 5.62. The summed E-state index contributed by atoms with van der Waals surface area (Å²) in [4.78, 5) is 0. The maximum Gasteiger partial charge on any atom is 0.157 e. The molecule has 0 saturated carbocycles. The first-order chi connectivity index (χ1) is 8.79. The number of furan rings is 1. The van der Waals surface area contributed by atoms with Crippen LogP contribution in [0.15, 0.2) is 45.5 Å². The Morgan fingerprint density at radius 2 is 2.17 bits per heavy atom. The highest BCUT2D eigenvalue weighted by atomic mass is 79.9. The van der Waals surface area contributed by atoms with Gasteiger partial charge in [0.2, 0.25) is 0 Å². The van der Waals surface area contributed by atoms with Crippen molar-refractivity contribution >= 4 is 15.9 Å². The molecule has 0 fully saturated rings. The Hall–Kier alpha value is -1.26. The predicted octanol–water partition coefficient (Wildman–Crippen LogP) is 2.70. The summed E-state index contributed by atoms with van der Waals surface area (Å²) in [6, 6.07) is 10.0. The zero-order valence-corrected chi connectivity index (χ0v) is 11.9. The van der Waals surface area contributed by atoms with Gasteiger partial charge in [0, 0.05) is 10.0 Å². The van der Waals surface area contributed by atoms with Gasteiger partial charge in [-0.05, 0) is 37.3 Å². The Balaban J connectivity index is 1.96. The topological polar surface area (TPSA) is 39.0 Å². The second-order valence-electron chi connectivity index (χ2n) is 3.96. The van der Waals surface area contributed by atoms with E-state index in [1.54, 1.807) is 6.26 Å². The summed E-state index contributed by atoms with van der Waals surface area (Å²) in [7, 11) is 0. The minimum atomic E-state index is 0.687. The SMILES string of the molecule is CCOc1ccc(Br)cc1C[NH2+]Cc1ccco1. The van der Waals surface area contributed by atoms with Gasteiger partial charge in [-0.15, -0.1) is 0 Å². The molecule has 96 valence electrons. The van der Waals surface area contributed by atoms with E-state index >= 15 is 0 Å². The summed E-state index contributed by atoms with van der Waals surface area (Å²) in [5, 5.41) is 2.20. The second kappa shape index (κ2) is 6.61. The monoisotopic (exact) mass is 310 g/mol. The Labute approximate surface area is 115 Å². The Morgan fingerprint density at radius 3 is 2.89 bits per heavy atom. The van der Waals surface area contributed by atoms with E-state index in [0.29, 0.717) is 6.61 Å². The largest absolute Gasteiger partial charge is 0.493 e. The zero-order valence-electron chi connectivity index (χ0n) is 10.4. The van der Waals surface area contributed by atoms with Gasteiger partial charge in [-0.25, -0.2) is 0 Å². The van der Waals surface area contributed by atoms with E-state index in [9.17, 15) is 0 Å². The first kappa shape index (κ1) is 13.2. The molecule has 4 heteroatoms. The quantitative estimate of drug-likeness (QED) is 0.891. The van der Waals surface area contributed by atoms with Crippen LogP contribution in [0.5, 0.6) is 5.75 Å². The standard InChI is InChI=1S/C14H16BrNO2/c1-2-17-14-6-5-12(15)8-11(14)9-16-10-13-4-3-7-18-13/h3-8,16H,2,9-10H2,1H3/p+1. The van der Waals surface area contributed by atoms with Gasteiger partial charge in [0.05, 0.1) is 12.9 Å². The third kappa shape index (κ3) is 3.62. The minimum Gasteiger partial charge on any atom is -0.493 e. The van der Waals surface area contributed by atoms with Gasteiger partial charge in [0.25, 0.3) is 0 Å². The molecule has 0 aliphatic carbocycles. The van der Waals surface area contributed by atoms with Crippen molar-refractivity contribution in [1.29, 1.82) is 0 Å². The molecule has 1 heterocycles. The van der Waals surface area contributed by atoms with Crippen LogP contribution in [-0.2, 0) is 13.1 Å². The lowest BCUT2D eigenvalue weighted by Crippen LogP contribution is -2.80. The van der Waals surface area contributed by atoms with Crippen molar-refractivity contribution in [2.45, 2.75) is 20.0 Å². The van der Waals surface area contributed by atoms with Crippen LogP contribution < -0.4 is 10.1 Å². The zero-order chi connectivity index (χ0) is 12.8. The number of ether oxygens (including phenoxy) is 1. The highest BCUT2D eigenvalue weighted by Gasteiger charge is 2.07. The molecule has 2 N–H and O–H groups in total. The fourth-order valence-electron chi connectivity index (χ4n) is 1.80. The predicted molar refractivity (Wildman–Crippen MR) is 73.4 cm³/mol. The van der Waals surface area contributed by atoms with Crippen molar-refractivity contribution in [3.63, 3.8) is 0 Å². The lowest BCUT2D eigenvalue weighted by molar-refractivity contribution is -0.688. The molecule has 1 aromatic heterocycles. The maximum absolute atomic E-state index is 5.62. The van der Waals surface area contributed by atoms with Crippen molar-refractivity contribution in [3.8, 4) is 5.75 Å². The molecule has 0 aliphatic rings. The van der Waals surface area contributed by atoms with Crippen LogP contribution in [0.2, 0.25) is 0 Å². The molecule has 0 atom stereocenters. The lowest BCUT2D eigenvalue weighted by Gasteiger charge is -2.09. The molecular weight excluding hydrogens is 294 g/mol. The molecule has 0 saturated heterocycles. The van der Waals surface area contributed by atoms with Crippen LogP contribution in [0.4, 0.5) is 0 Å². The fraction of sp³-hybridized carbons (Fsp3) is 0.286. The highest BCUT2D eigenvalue weighted by molar-refractivity contribution is 9.10. The number of benzene rings is 1. The van der Waals surface area contributed by atoms with Crippen LogP contribution in [0.25, 0.3) is 0 Å². The van der Waals surface area contributed by atoms with Gasteiger partial charge in [0.1, 0.15) is 18.8 Å². The van der Waals surface area contributed by atoms with Crippen molar-refractivity contribution in [2.75, 3.05) is 6.61 Å². The lowest BCUT2D eigenvalue weighted by atomic mass is 10.2. The van der Waals surface area contributed by atoms with Gasteiger partial charge in [-0.1, -0.05) is 15.9 Å². The van der Waals surface area contributed by atoms with Crippen LogP contribution in [-0.4, -0.2) is 6.61 Å². The third-order valence-electron chi connectivity index (χ3n) is 2.61. The van der Waals surface area contributed by atoms with E-state index in [1.165, 1.54) is 5.56 Å². The Bertz CT molecular complexity index is 483. The molecule has 0 radical (unpaired) electrons. The number of hydrogen-bond donors (Lipinski definition) is 1. The molecule has 3 nitrogen and oxygen atoms in total. The van der Waals surface area contributed by atoms with Gasteiger partial charge in [-0.3, -0.25) is 0 Å². The number of quaternary nitrogens is 1. The van der Waals surface area contributed by atoms with Gasteiger partial charge < -0.3 is 14.5 Å². The molecule has 0 amide bonds. The Kier molecular flexibility index (Phi) is 4.84. The van der Waals surface area contributed by atoms with Crippen molar-refractivity contribution in [2.24, 2.45) is 0 Å². The number of hydrogen-bond acceptors (Lipinski definition) is 2. The number of rotatable bonds is 6. The van der Waals surface area contributed by atoms with Crippen LogP contribution in [0.3, 0.4) is 0 Å². The third-order valence-corrected chi connectivity index (χ3v) is 3.11. The molecule has 0 unspecified atom stereocenters. The summed E-state index contributed by atoms with van der Waals surface area (Å²) < 4.78 is 12.0. The highest BCUT2D eigenvalue weighted by Crippen LogP contribution is 2.22. The van der Waals surface area contributed by atoms with Gasteiger partial charge >= 0.3 is 0 Å². The molecule has 18 heavy (non-hydrogen) atoms. The van der Waals surface area contributed by atoms with Gasteiger partial charge in [0.15, 0.2) is 5.76 Å². The average Bonchev–Trinajstić information content (AvgIpc) is 2.86.